The molecule has 0 radical (unpaired) electrons. The molecule has 164 valence electrons. The Hall–Kier alpha value is -2.22. The van der Waals surface area contributed by atoms with Crippen molar-refractivity contribution >= 4 is 17.6 Å². The molecule has 1 N–H and O–H groups in total. The second kappa shape index (κ2) is 11.2. The fourth-order valence-electron chi connectivity index (χ4n) is 3.47. The summed E-state index contributed by atoms with van der Waals surface area (Å²) >= 11 is 6.09. The minimum Gasteiger partial charge on any atom is -0.492 e. The molecule has 1 aliphatic heterocycles. The second-order valence-corrected chi connectivity index (χ2v) is 7.90. The molecule has 1 aromatic carbocycles. The first-order valence-electron chi connectivity index (χ1n) is 10.3. The van der Waals surface area contributed by atoms with Gasteiger partial charge in [0.15, 0.2) is 5.96 Å². The maximum absolute atomic E-state index is 6.09. The first-order valence-corrected chi connectivity index (χ1v) is 10.7. The Morgan fingerprint density at radius 1 is 1.30 bits per heavy atom. The van der Waals surface area contributed by atoms with Crippen molar-refractivity contribution in [1.82, 2.24) is 19.7 Å². The van der Waals surface area contributed by atoms with Crippen molar-refractivity contribution in [1.29, 1.82) is 0 Å². The number of aliphatic imine (C=N–C) groups is 1. The summed E-state index contributed by atoms with van der Waals surface area (Å²) in [5.41, 5.74) is 2.27. The fraction of sp³-hybridized carbons (Fsp3) is 0.500. The third kappa shape index (κ3) is 6.65. The van der Waals surface area contributed by atoms with Gasteiger partial charge in [0.25, 0.3) is 0 Å². The van der Waals surface area contributed by atoms with Crippen LogP contribution in [0.1, 0.15) is 11.3 Å². The van der Waals surface area contributed by atoms with E-state index in [2.05, 4.69) is 32.2 Å². The Labute approximate surface area is 184 Å². The molecule has 2 heterocycles. The van der Waals surface area contributed by atoms with Gasteiger partial charge in [-0.15, -0.1) is 0 Å². The summed E-state index contributed by atoms with van der Waals surface area (Å²) in [7, 11) is 5.80. The molecule has 30 heavy (non-hydrogen) atoms. The number of benzene rings is 1. The highest BCUT2D eigenvalue weighted by Crippen LogP contribution is 2.15. The number of nitrogens with one attached hydrogen (secondary N) is 1. The molecule has 8 heteroatoms. The molecule has 7 nitrogen and oxygen atoms in total. The van der Waals surface area contributed by atoms with Crippen LogP contribution in [0.2, 0.25) is 5.02 Å². The summed E-state index contributed by atoms with van der Waals surface area (Å²) < 4.78 is 13.4. The number of aryl methyl sites for hydroxylation is 1. The number of guanidine groups is 1. The van der Waals surface area contributed by atoms with Crippen LogP contribution in [-0.4, -0.2) is 73.9 Å². The standard InChI is InChI=1S/C22H32ClN5O2/c1-24-22(27(3)17-20-14-19(23)16-26(20)2)25-15-18-5-4-6-21(13-18)30-12-9-28-7-10-29-11-8-28/h4-6,13-14,16H,7-12,15,17H2,1-3H3,(H,24,25). The highest BCUT2D eigenvalue weighted by Gasteiger charge is 2.11. The van der Waals surface area contributed by atoms with Gasteiger partial charge < -0.3 is 24.3 Å². The van der Waals surface area contributed by atoms with Crippen molar-refractivity contribution in [3.8, 4) is 5.75 Å². The van der Waals surface area contributed by atoms with Crippen molar-refractivity contribution in [2.24, 2.45) is 12.0 Å². The lowest BCUT2D eigenvalue weighted by Crippen LogP contribution is -2.38. The molecule has 1 aromatic heterocycles. The Bertz CT molecular complexity index is 833. The minimum atomic E-state index is 0.672. The van der Waals surface area contributed by atoms with E-state index in [9.17, 15) is 0 Å². The van der Waals surface area contributed by atoms with Crippen LogP contribution in [0.25, 0.3) is 0 Å². The number of hydrogen-bond acceptors (Lipinski definition) is 4. The molecule has 1 saturated heterocycles. The van der Waals surface area contributed by atoms with Crippen LogP contribution in [0.5, 0.6) is 5.75 Å². The van der Waals surface area contributed by atoms with Crippen LogP contribution >= 0.6 is 11.6 Å². The summed E-state index contributed by atoms with van der Waals surface area (Å²) in [5, 5.41) is 4.17. The topological polar surface area (TPSA) is 54.3 Å². The molecule has 2 aromatic rings. The number of hydrogen-bond donors (Lipinski definition) is 1. The Kier molecular flexibility index (Phi) is 8.42. The monoisotopic (exact) mass is 433 g/mol. The zero-order valence-electron chi connectivity index (χ0n) is 18.1. The van der Waals surface area contributed by atoms with Gasteiger partial charge in [0.2, 0.25) is 0 Å². The Balaban J connectivity index is 1.47. The van der Waals surface area contributed by atoms with E-state index >= 15 is 0 Å². The summed E-state index contributed by atoms with van der Waals surface area (Å²) in [6, 6.07) is 10.2. The maximum Gasteiger partial charge on any atom is 0.194 e. The number of aromatic nitrogens is 1. The van der Waals surface area contributed by atoms with Gasteiger partial charge in [-0.25, -0.2) is 0 Å². The van der Waals surface area contributed by atoms with Crippen molar-refractivity contribution in [2.45, 2.75) is 13.1 Å². The van der Waals surface area contributed by atoms with Gasteiger partial charge in [-0.05, 0) is 23.8 Å². The lowest BCUT2D eigenvalue weighted by molar-refractivity contribution is 0.0322. The molecule has 0 amide bonds. The Morgan fingerprint density at radius 2 is 2.10 bits per heavy atom. The van der Waals surface area contributed by atoms with E-state index in [1.165, 1.54) is 0 Å². The largest absolute Gasteiger partial charge is 0.492 e. The zero-order chi connectivity index (χ0) is 21.3. The molecule has 1 fully saturated rings. The van der Waals surface area contributed by atoms with Crippen molar-refractivity contribution < 1.29 is 9.47 Å². The van der Waals surface area contributed by atoms with Crippen molar-refractivity contribution in [3.05, 3.63) is 52.8 Å². The van der Waals surface area contributed by atoms with Crippen LogP contribution < -0.4 is 10.1 Å². The first kappa shape index (κ1) is 22.5. The number of ether oxygens (including phenoxy) is 2. The second-order valence-electron chi connectivity index (χ2n) is 7.47. The summed E-state index contributed by atoms with van der Waals surface area (Å²) in [6.07, 6.45) is 1.91. The molecule has 0 atom stereocenters. The van der Waals surface area contributed by atoms with Gasteiger partial charge in [-0.2, -0.15) is 0 Å². The number of morpholine rings is 1. The predicted molar refractivity (Wildman–Crippen MR) is 121 cm³/mol. The van der Waals surface area contributed by atoms with E-state index in [-0.39, 0.29) is 0 Å². The van der Waals surface area contributed by atoms with Gasteiger partial charge in [0.05, 0.1) is 24.8 Å². The van der Waals surface area contributed by atoms with Crippen molar-refractivity contribution in [3.63, 3.8) is 0 Å². The van der Waals surface area contributed by atoms with Gasteiger partial charge in [0, 0.05) is 59.2 Å². The first-order chi connectivity index (χ1) is 14.5. The molecule has 3 rings (SSSR count). The van der Waals surface area contributed by atoms with E-state index < -0.39 is 0 Å². The number of rotatable bonds is 8. The molecule has 0 unspecified atom stereocenters. The van der Waals surface area contributed by atoms with Crippen LogP contribution in [0, 0.1) is 0 Å². The summed E-state index contributed by atoms with van der Waals surface area (Å²) in [4.78, 5) is 8.85. The number of halogens is 1. The SMILES string of the molecule is CN=C(NCc1cccc(OCCN2CCOCC2)c1)N(C)Cc1cc(Cl)cn1C. The molecular formula is C22H32ClN5O2. The van der Waals surface area contributed by atoms with E-state index in [4.69, 9.17) is 21.1 Å². The fourth-order valence-corrected chi connectivity index (χ4v) is 3.74. The van der Waals surface area contributed by atoms with E-state index in [0.717, 1.165) is 60.8 Å². The normalized spacial score (nSPS) is 15.3. The van der Waals surface area contributed by atoms with Gasteiger partial charge in [-0.1, -0.05) is 23.7 Å². The molecule has 0 bridgehead atoms. The minimum absolute atomic E-state index is 0.672. The average molecular weight is 434 g/mol. The lowest BCUT2D eigenvalue weighted by atomic mass is 10.2. The van der Waals surface area contributed by atoms with Gasteiger partial charge in [0.1, 0.15) is 12.4 Å². The van der Waals surface area contributed by atoms with E-state index in [1.807, 2.05) is 43.1 Å². The van der Waals surface area contributed by atoms with E-state index in [1.54, 1.807) is 7.05 Å². The maximum atomic E-state index is 6.09. The highest BCUT2D eigenvalue weighted by atomic mass is 35.5. The smallest absolute Gasteiger partial charge is 0.194 e. The van der Waals surface area contributed by atoms with Crippen LogP contribution in [-0.2, 0) is 24.9 Å². The summed E-state index contributed by atoms with van der Waals surface area (Å²) in [5.74, 6) is 1.72. The zero-order valence-corrected chi connectivity index (χ0v) is 18.9. The third-order valence-corrected chi connectivity index (χ3v) is 5.38. The average Bonchev–Trinajstić information content (AvgIpc) is 3.06. The van der Waals surface area contributed by atoms with Gasteiger partial charge >= 0.3 is 0 Å². The lowest BCUT2D eigenvalue weighted by Gasteiger charge is -2.26. The molecular weight excluding hydrogens is 402 g/mol. The van der Waals surface area contributed by atoms with Crippen LogP contribution in [0.3, 0.4) is 0 Å². The van der Waals surface area contributed by atoms with Crippen LogP contribution in [0.4, 0.5) is 0 Å². The third-order valence-electron chi connectivity index (χ3n) is 5.18. The molecule has 0 saturated carbocycles. The van der Waals surface area contributed by atoms with Crippen LogP contribution in [0.15, 0.2) is 41.5 Å². The summed E-state index contributed by atoms with van der Waals surface area (Å²) in [6.45, 7) is 6.58. The highest BCUT2D eigenvalue weighted by molar-refractivity contribution is 6.30. The molecule has 1 aliphatic rings. The van der Waals surface area contributed by atoms with E-state index in [0.29, 0.717) is 19.7 Å². The van der Waals surface area contributed by atoms with Crippen molar-refractivity contribution in [2.75, 3.05) is 53.6 Å². The molecule has 0 aliphatic carbocycles. The molecule has 0 spiro atoms. The quantitative estimate of drug-likeness (QED) is 0.512. The van der Waals surface area contributed by atoms with Gasteiger partial charge in [-0.3, -0.25) is 9.89 Å². The number of nitrogens with zero attached hydrogens (tertiary/aromatic N) is 4. The Morgan fingerprint density at radius 3 is 2.80 bits per heavy atom. The predicted octanol–water partition coefficient (Wildman–Crippen LogP) is 2.60.